The fourth-order valence-electron chi connectivity index (χ4n) is 2.79. The Hall–Kier alpha value is -0.820. The Kier molecular flexibility index (Phi) is 5.54. The van der Waals surface area contributed by atoms with Crippen molar-refractivity contribution >= 4 is 0 Å². The van der Waals surface area contributed by atoms with Crippen molar-refractivity contribution in [3.8, 4) is 0 Å². The number of nitrogens with one attached hydrogen (secondary N) is 1. The molecule has 0 spiro atoms. The lowest BCUT2D eigenvalue weighted by atomic mass is 9.77. The molecule has 0 bridgehead atoms. The van der Waals surface area contributed by atoms with Gasteiger partial charge in [0.1, 0.15) is 0 Å². The summed E-state index contributed by atoms with van der Waals surface area (Å²) in [5, 5.41) is 3.49. The molecule has 0 aromatic heterocycles. The van der Waals surface area contributed by atoms with Crippen LogP contribution in [0.5, 0.6) is 0 Å². The van der Waals surface area contributed by atoms with E-state index in [2.05, 4.69) is 38.4 Å². The first kappa shape index (κ1) is 13.2. The van der Waals surface area contributed by atoms with E-state index in [-0.39, 0.29) is 0 Å². The summed E-state index contributed by atoms with van der Waals surface area (Å²) in [5.41, 5.74) is 1.36. The molecule has 0 aromatic carbocycles. The molecule has 1 N–H and O–H groups in total. The Morgan fingerprint density at radius 2 is 2.19 bits per heavy atom. The van der Waals surface area contributed by atoms with E-state index in [0.717, 1.165) is 24.9 Å². The third-order valence-corrected chi connectivity index (χ3v) is 3.67. The lowest BCUT2D eigenvalue weighted by molar-refractivity contribution is 0.320. The fraction of sp³-hybridized carbons (Fsp3) is 0.600. The molecule has 1 rings (SSSR count). The Morgan fingerprint density at radius 1 is 1.44 bits per heavy atom. The maximum absolute atomic E-state index is 3.94. The summed E-state index contributed by atoms with van der Waals surface area (Å²) in [6.07, 6.45) is 8.50. The lowest BCUT2D eigenvalue weighted by Crippen LogP contribution is -2.22. The topological polar surface area (TPSA) is 12.0 Å². The van der Waals surface area contributed by atoms with Crippen LogP contribution in [0.15, 0.2) is 37.0 Å². The normalized spacial score (nSPS) is 27.8. The largest absolute Gasteiger partial charge is 0.316 e. The van der Waals surface area contributed by atoms with Gasteiger partial charge in [0.2, 0.25) is 0 Å². The van der Waals surface area contributed by atoms with E-state index in [1.54, 1.807) is 0 Å². The van der Waals surface area contributed by atoms with Crippen molar-refractivity contribution in [2.45, 2.75) is 26.7 Å². The van der Waals surface area contributed by atoms with Crippen LogP contribution < -0.4 is 5.32 Å². The number of allylic oxidation sites excluding steroid dienone is 4. The minimum atomic E-state index is 0.644. The molecule has 1 heteroatoms. The molecule has 0 aliphatic carbocycles. The summed E-state index contributed by atoms with van der Waals surface area (Å²) >= 11 is 0. The van der Waals surface area contributed by atoms with E-state index < -0.39 is 0 Å². The van der Waals surface area contributed by atoms with Gasteiger partial charge in [0.15, 0.2) is 0 Å². The van der Waals surface area contributed by atoms with Crippen LogP contribution in [0, 0.1) is 17.8 Å². The Labute approximate surface area is 100 Å². The van der Waals surface area contributed by atoms with Gasteiger partial charge in [-0.05, 0) is 42.8 Å². The van der Waals surface area contributed by atoms with Crippen LogP contribution in [-0.2, 0) is 0 Å². The van der Waals surface area contributed by atoms with Gasteiger partial charge >= 0.3 is 0 Å². The van der Waals surface area contributed by atoms with Gasteiger partial charge in [0, 0.05) is 0 Å². The molecular weight excluding hydrogens is 194 g/mol. The third kappa shape index (κ3) is 3.08. The molecule has 1 fully saturated rings. The van der Waals surface area contributed by atoms with Crippen molar-refractivity contribution in [1.82, 2.24) is 5.32 Å². The van der Waals surface area contributed by atoms with Gasteiger partial charge in [-0.1, -0.05) is 51.7 Å². The molecule has 0 amide bonds. The maximum atomic E-state index is 3.94. The number of hydrogen-bond acceptors (Lipinski definition) is 1. The van der Waals surface area contributed by atoms with Gasteiger partial charge in [-0.2, -0.15) is 0 Å². The SMILES string of the molecule is C=C/C=C(\C=C)C(CCC)C1CNCC1C. The second-order valence-corrected chi connectivity index (χ2v) is 4.80. The van der Waals surface area contributed by atoms with Crippen LogP contribution in [0.25, 0.3) is 0 Å². The minimum absolute atomic E-state index is 0.644. The van der Waals surface area contributed by atoms with Gasteiger partial charge in [-0.25, -0.2) is 0 Å². The Balaban J connectivity index is 2.83. The molecule has 0 aromatic rings. The first-order valence-corrected chi connectivity index (χ1v) is 6.40. The minimum Gasteiger partial charge on any atom is -0.316 e. The highest BCUT2D eigenvalue weighted by Gasteiger charge is 2.31. The standard InChI is InChI=1S/C15H25N/c1-5-8-13(7-3)14(9-6-2)15-11-16-10-12(15)4/h5,7-8,12,14-16H,1,3,6,9-11H2,2,4H3/b13-8+. The molecule has 1 aliphatic rings. The van der Waals surface area contributed by atoms with Crippen LogP contribution >= 0.6 is 0 Å². The van der Waals surface area contributed by atoms with Crippen LogP contribution in [0.4, 0.5) is 0 Å². The average Bonchev–Trinajstić information content (AvgIpc) is 2.69. The smallest absolute Gasteiger partial charge is 0.00115 e. The predicted molar refractivity (Wildman–Crippen MR) is 72.4 cm³/mol. The monoisotopic (exact) mass is 219 g/mol. The molecule has 90 valence electrons. The van der Waals surface area contributed by atoms with Gasteiger partial charge in [-0.15, -0.1) is 0 Å². The average molecular weight is 219 g/mol. The predicted octanol–water partition coefficient (Wildman–Crippen LogP) is 3.56. The number of hydrogen-bond donors (Lipinski definition) is 1. The van der Waals surface area contributed by atoms with E-state index >= 15 is 0 Å². The van der Waals surface area contributed by atoms with Gasteiger partial charge in [0.05, 0.1) is 0 Å². The Bertz CT molecular complexity index is 265. The lowest BCUT2D eigenvalue weighted by Gasteiger charge is -2.27. The first-order valence-electron chi connectivity index (χ1n) is 6.40. The van der Waals surface area contributed by atoms with Gasteiger partial charge in [-0.3, -0.25) is 0 Å². The van der Waals surface area contributed by atoms with Crippen molar-refractivity contribution in [3.05, 3.63) is 37.0 Å². The highest BCUT2D eigenvalue weighted by atomic mass is 14.9. The second-order valence-electron chi connectivity index (χ2n) is 4.80. The molecule has 3 unspecified atom stereocenters. The molecule has 3 atom stereocenters. The summed E-state index contributed by atoms with van der Waals surface area (Å²) in [5.74, 6) is 2.17. The molecule has 0 radical (unpaired) electrons. The van der Waals surface area contributed by atoms with Crippen molar-refractivity contribution in [2.75, 3.05) is 13.1 Å². The molecule has 1 saturated heterocycles. The summed E-state index contributed by atoms with van der Waals surface area (Å²) in [6, 6.07) is 0. The van der Waals surface area contributed by atoms with Crippen LogP contribution in [0.1, 0.15) is 26.7 Å². The van der Waals surface area contributed by atoms with Gasteiger partial charge in [0.25, 0.3) is 0 Å². The molecule has 0 saturated carbocycles. The summed E-state index contributed by atoms with van der Waals surface area (Å²) < 4.78 is 0. The van der Waals surface area contributed by atoms with Crippen molar-refractivity contribution in [1.29, 1.82) is 0 Å². The zero-order chi connectivity index (χ0) is 12.0. The maximum Gasteiger partial charge on any atom is -0.00115 e. The highest BCUT2D eigenvalue weighted by Crippen LogP contribution is 2.33. The highest BCUT2D eigenvalue weighted by molar-refractivity contribution is 5.25. The van der Waals surface area contributed by atoms with E-state index in [4.69, 9.17) is 0 Å². The van der Waals surface area contributed by atoms with E-state index in [1.165, 1.54) is 18.4 Å². The van der Waals surface area contributed by atoms with Crippen LogP contribution in [0.3, 0.4) is 0 Å². The van der Waals surface area contributed by atoms with E-state index in [0.29, 0.717) is 5.92 Å². The Morgan fingerprint density at radius 3 is 2.62 bits per heavy atom. The summed E-state index contributed by atoms with van der Waals surface area (Å²) in [6.45, 7) is 14.7. The molecule has 1 aliphatic heterocycles. The van der Waals surface area contributed by atoms with E-state index in [9.17, 15) is 0 Å². The molecule has 16 heavy (non-hydrogen) atoms. The zero-order valence-electron chi connectivity index (χ0n) is 10.7. The quantitative estimate of drug-likeness (QED) is 0.674. The van der Waals surface area contributed by atoms with Crippen molar-refractivity contribution in [3.63, 3.8) is 0 Å². The van der Waals surface area contributed by atoms with E-state index in [1.807, 2.05) is 12.2 Å². The van der Waals surface area contributed by atoms with Crippen molar-refractivity contribution in [2.24, 2.45) is 17.8 Å². The summed E-state index contributed by atoms with van der Waals surface area (Å²) in [4.78, 5) is 0. The first-order chi connectivity index (χ1) is 7.74. The summed E-state index contributed by atoms with van der Waals surface area (Å²) in [7, 11) is 0. The second kappa shape index (κ2) is 6.70. The van der Waals surface area contributed by atoms with Crippen molar-refractivity contribution < 1.29 is 0 Å². The molecule has 1 heterocycles. The third-order valence-electron chi connectivity index (χ3n) is 3.67. The zero-order valence-corrected chi connectivity index (χ0v) is 10.7. The molecule has 1 nitrogen and oxygen atoms in total. The fourth-order valence-corrected chi connectivity index (χ4v) is 2.79. The molecular formula is C15H25N. The van der Waals surface area contributed by atoms with Crippen LogP contribution in [-0.4, -0.2) is 13.1 Å². The van der Waals surface area contributed by atoms with Crippen LogP contribution in [0.2, 0.25) is 0 Å². The number of rotatable bonds is 6. The van der Waals surface area contributed by atoms with Gasteiger partial charge < -0.3 is 5.32 Å².